The third-order valence-electron chi connectivity index (χ3n) is 6.14. The van der Waals surface area contributed by atoms with Gasteiger partial charge in [0.15, 0.2) is 11.9 Å². The number of halogens is 1. The van der Waals surface area contributed by atoms with Crippen molar-refractivity contribution in [2.75, 3.05) is 37.8 Å². The molecule has 3 aliphatic heterocycles. The van der Waals surface area contributed by atoms with Gasteiger partial charge in [0.25, 0.3) is 0 Å². The van der Waals surface area contributed by atoms with E-state index in [1.165, 1.54) is 12.6 Å². The molecule has 0 radical (unpaired) electrons. The second-order valence-corrected chi connectivity index (χ2v) is 7.84. The van der Waals surface area contributed by atoms with E-state index in [4.69, 9.17) is 19.2 Å². The van der Waals surface area contributed by atoms with Crippen molar-refractivity contribution in [1.29, 1.82) is 0 Å². The number of morpholine rings is 1. The topological polar surface area (TPSA) is 56.2 Å². The summed E-state index contributed by atoms with van der Waals surface area (Å²) < 4.78 is 31.7. The van der Waals surface area contributed by atoms with Crippen LogP contribution in [-0.4, -0.2) is 44.3 Å². The Morgan fingerprint density at radius 1 is 0.968 bits per heavy atom. The van der Waals surface area contributed by atoms with E-state index in [-0.39, 0.29) is 0 Å². The molecular weight excluding hydrogens is 397 g/mol. The number of fused-ring (bicyclic) bond motifs is 4. The molecule has 1 aromatic heterocycles. The normalized spacial score (nSPS) is 21.4. The highest BCUT2D eigenvalue weighted by atomic mass is 19.1. The highest BCUT2D eigenvalue weighted by Crippen LogP contribution is 2.52. The van der Waals surface area contributed by atoms with Crippen molar-refractivity contribution in [2.24, 2.45) is 4.99 Å². The Morgan fingerprint density at radius 2 is 1.77 bits per heavy atom. The number of rotatable bonds is 2. The first-order chi connectivity index (χ1) is 15.2. The lowest BCUT2D eigenvalue weighted by Gasteiger charge is -2.36. The van der Waals surface area contributed by atoms with Gasteiger partial charge in [-0.25, -0.2) is 9.98 Å². The largest absolute Gasteiger partial charge is 0.480 e. The summed E-state index contributed by atoms with van der Waals surface area (Å²) in [5.74, 6) is 0.948. The minimum atomic E-state index is -0.736. The van der Waals surface area contributed by atoms with E-state index in [1.807, 2.05) is 24.3 Å². The molecule has 1 spiro atoms. The van der Waals surface area contributed by atoms with Gasteiger partial charge in [0.2, 0.25) is 5.95 Å². The summed E-state index contributed by atoms with van der Waals surface area (Å²) in [6.45, 7) is 3.47. The molecular formula is C24H20FN3O3. The first-order valence-electron chi connectivity index (χ1n) is 10.3. The van der Waals surface area contributed by atoms with Crippen LogP contribution in [0.1, 0.15) is 11.1 Å². The van der Waals surface area contributed by atoms with Gasteiger partial charge in [-0.1, -0.05) is 6.07 Å². The smallest absolute Gasteiger partial charge is 0.220 e. The third-order valence-corrected chi connectivity index (χ3v) is 6.14. The SMILES string of the molecule is Fc1ncccc1-c1ccc2c(c1)[C@@]1(COC=N1)c1cc(N3CCOCC3)ccc1O2. The monoisotopic (exact) mass is 417 g/mol. The molecule has 3 aliphatic rings. The van der Waals surface area contributed by atoms with Crippen LogP contribution in [0.25, 0.3) is 11.1 Å². The van der Waals surface area contributed by atoms with Crippen LogP contribution in [0.2, 0.25) is 0 Å². The van der Waals surface area contributed by atoms with Gasteiger partial charge in [-0.05, 0) is 48.0 Å². The van der Waals surface area contributed by atoms with Gasteiger partial charge in [-0.3, -0.25) is 0 Å². The maximum Gasteiger partial charge on any atom is 0.220 e. The van der Waals surface area contributed by atoms with Crippen LogP contribution in [0, 0.1) is 5.95 Å². The van der Waals surface area contributed by atoms with Crippen molar-refractivity contribution in [3.8, 4) is 22.6 Å². The molecule has 4 heterocycles. The molecule has 6 nitrogen and oxygen atoms in total. The molecule has 0 amide bonds. The molecule has 1 fully saturated rings. The fourth-order valence-electron chi connectivity index (χ4n) is 4.54. The quantitative estimate of drug-likeness (QED) is 0.587. The zero-order valence-electron chi connectivity index (χ0n) is 16.8. The van der Waals surface area contributed by atoms with E-state index in [0.717, 1.165) is 41.2 Å². The summed E-state index contributed by atoms with van der Waals surface area (Å²) in [7, 11) is 0. The van der Waals surface area contributed by atoms with Gasteiger partial charge >= 0.3 is 0 Å². The maximum atomic E-state index is 14.4. The molecule has 31 heavy (non-hydrogen) atoms. The summed E-state index contributed by atoms with van der Waals surface area (Å²) >= 11 is 0. The van der Waals surface area contributed by atoms with Crippen LogP contribution in [0.4, 0.5) is 10.1 Å². The highest BCUT2D eigenvalue weighted by Gasteiger charge is 2.45. The number of aliphatic imine (C=N–C) groups is 1. The fourth-order valence-corrected chi connectivity index (χ4v) is 4.54. The molecule has 0 saturated carbocycles. The molecule has 7 heteroatoms. The molecule has 1 atom stereocenters. The maximum absolute atomic E-state index is 14.4. The Balaban J connectivity index is 1.49. The molecule has 0 aliphatic carbocycles. The fraction of sp³-hybridized carbons (Fsp3) is 0.250. The minimum Gasteiger partial charge on any atom is -0.480 e. The van der Waals surface area contributed by atoms with Crippen LogP contribution < -0.4 is 9.64 Å². The summed E-state index contributed by atoms with van der Waals surface area (Å²) in [4.78, 5) is 10.9. The zero-order valence-corrected chi connectivity index (χ0v) is 16.8. The number of aromatic nitrogens is 1. The Bertz CT molecular complexity index is 1190. The van der Waals surface area contributed by atoms with E-state index in [9.17, 15) is 4.39 Å². The highest BCUT2D eigenvalue weighted by molar-refractivity contribution is 5.72. The van der Waals surface area contributed by atoms with Crippen molar-refractivity contribution < 1.29 is 18.6 Å². The first-order valence-corrected chi connectivity index (χ1v) is 10.3. The van der Waals surface area contributed by atoms with E-state index in [0.29, 0.717) is 31.1 Å². The standard InChI is InChI=1S/C24H20FN3O3/c25-23-18(2-1-7-26-23)16-3-5-21-19(12-16)24(14-30-15-27-24)20-13-17(4-6-22(20)31-21)28-8-10-29-11-9-28/h1-7,12-13,15H,8-11,14H2/t24-/m0/s1. The van der Waals surface area contributed by atoms with Gasteiger partial charge in [-0.2, -0.15) is 4.39 Å². The average Bonchev–Trinajstić information content (AvgIpc) is 3.31. The van der Waals surface area contributed by atoms with Crippen LogP contribution in [0.5, 0.6) is 11.5 Å². The second-order valence-electron chi connectivity index (χ2n) is 7.84. The number of pyridine rings is 1. The summed E-state index contributed by atoms with van der Waals surface area (Å²) in [6.07, 6.45) is 2.94. The molecule has 0 unspecified atom stereocenters. The molecule has 2 aromatic carbocycles. The van der Waals surface area contributed by atoms with Crippen molar-refractivity contribution in [3.05, 3.63) is 71.8 Å². The van der Waals surface area contributed by atoms with Crippen molar-refractivity contribution in [3.63, 3.8) is 0 Å². The van der Waals surface area contributed by atoms with Crippen LogP contribution in [-0.2, 0) is 15.0 Å². The van der Waals surface area contributed by atoms with Gasteiger partial charge in [0.1, 0.15) is 18.1 Å². The molecule has 1 saturated heterocycles. The number of anilines is 1. The number of nitrogens with zero attached hydrogens (tertiary/aromatic N) is 3. The number of hydrogen-bond donors (Lipinski definition) is 0. The number of benzene rings is 2. The lowest BCUT2D eigenvalue weighted by molar-refractivity contribution is 0.122. The van der Waals surface area contributed by atoms with Crippen molar-refractivity contribution in [1.82, 2.24) is 4.98 Å². The van der Waals surface area contributed by atoms with E-state index >= 15 is 0 Å². The third kappa shape index (κ3) is 2.88. The molecule has 156 valence electrons. The first kappa shape index (κ1) is 18.3. The average molecular weight is 417 g/mol. The Hall–Kier alpha value is -3.45. The van der Waals surface area contributed by atoms with Crippen molar-refractivity contribution in [2.45, 2.75) is 5.54 Å². The number of ether oxygens (including phenoxy) is 3. The van der Waals surface area contributed by atoms with Crippen LogP contribution >= 0.6 is 0 Å². The van der Waals surface area contributed by atoms with Gasteiger partial charge < -0.3 is 19.1 Å². The predicted octanol–water partition coefficient (Wildman–Crippen LogP) is 4.13. The summed E-state index contributed by atoms with van der Waals surface area (Å²) in [5, 5.41) is 0. The minimum absolute atomic E-state index is 0.363. The Kier molecular flexibility index (Phi) is 4.17. The Morgan fingerprint density at radius 3 is 2.55 bits per heavy atom. The van der Waals surface area contributed by atoms with Crippen LogP contribution in [0.15, 0.2) is 59.7 Å². The van der Waals surface area contributed by atoms with Gasteiger partial charge in [-0.15, -0.1) is 0 Å². The lowest BCUT2D eigenvalue weighted by Crippen LogP contribution is -2.37. The predicted molar refractivity (Wildman–Crippen MR) is 114 cm³/mol. The zero-order chi connectivity index (χ0) is 20.8. The van der Waals surface area contributed by atoms with Crippen LogP contribution in [0.3, 0.4) is 0 Å². The second kappa shape index (κ2) is 7.06. The van der Waals surface area contributed by atoms with Gasteiger partial charge in [0.05, 0.1) is 13.2 Å². The Labute approximate surface area is 178 Å². The van der Waals surface area contributed by atoms with E-state index in [2.05, 4.69) is 22.0 Å². The molecule has 0 N–H and O–H groups in total. The van der Waals surface area contributed by atoms with Gasteiger partial charge in [0, 0.05) is 41.7 Å². The molecule has 3 aromatic rings. The number of hydrogen-bond acceptors (Lipinski definition) is 6. The van der Waals surface area contributed by atoms with Crippen molar-refractivity contribution >= 4 is 12.1 Å². The summed E-state index contributed by atoms with van der Waals surface area (Å²) in [6, 6.07) is 15.3. The lowest BCUT2D eigenvalue weighted by atomic mass is 9.80. The van der Waals surface area contributed by atoms with E-state index in [1.54, 1.807) is 12.1 Å². The molecule has 6 rings (SSSR count). The summed E-state index contributed by atoms with van der Waals surface area (Å²) in [5.41, 5.74) is 3.33. The molecule has 0 bridgehead atoms. The van der Waals surface area contributed by atoms with E-state index < -0.39 is 11.5 Å².